The number of hydrogen-bond donors (Lipinski definition) is 5. The molecule has 8 nitrogen and oxygen atoms in total. The van der Waals surface area contributed by atoms with E-state index in [2.05, 4.69) is 10.6 Å². The number of amides is 1. The Balaban J connectivity index is 1.75. The van der Waals surface area contributed by atoms with Crippen molar-refractivity contribution in [3.63, 3.8) is 0 Å². The molecule has 0 saturated carbocycles. The van der Waals surface area contributed by atoms with E-state index in [-0.39, 0.29) is 22.2 Å². The van der Waals surface area contributed by atoms with Crippen LogP contribution in [0.3, 0.4) is 0 Å². The van der Waals surface area contributed by atoms with Crippen LogP contribution in [-0.4, -0.2) is 18.9 Å². The van der Waals surface area contributed by atoms with Crippen molar-refractivity contribution in [1.29, 1.82) is 0 Å². The first-order valence-electron chi connectivity index (χ1n) is 8.13. The van der Waals surface area contributed by atoms with Crippen LogP contribution in [-0.2, 0) is 10.1 Å². The molecule has 144 valence electrons. The average molecular weight is 398 g/mol. The van der Waals surface area contributed by atoms with Crippen LogP contribution >= 0.6 is 0 Å². The number of nitrogens with one attached hydrogen (secondary N) is 2. The molecule has 0 fully saturated rings. The Hall–Kier alpha value is -3.56. The van der Waals surface area contributed by atoms with E-state index in [0.29, 0.717) is 22.6 Å². The van der Waals surface area contributed by atoms with Crippen molar-refractivity contribution in [2.45, 2.75) is 4.90 Å². The number of carbonyl (C=O) groups is 1. The Morgan fingerprint density at radius 2 is 1.39 bits per heavy atom. The predicted octanol–water partition coefficient (Wildman–Crippen LogP) is 3.09. The summed E-state index contributed by atoms with van der Waals surface area (Å²) in [7, 11) is -4.44. The number of anilines is 5. The van der Waals surface area contributed by atoms with Gasteiger partial charge < -0.3 is 22.1 Å². The van der Waals surface area contributed by atoms with E-state index in [1.165, 1.54) is 18.2 Å². The molecule has 0 heterocycles. The van der Waals surface area contributed by atoms with E-state index in [1.807, 2.05) is 0 Å². The first-order chi connectivity index (χ1) is 13.2. The van der Waals surface area contributed by atoms with Crippen molar-refractivity contribution in [2.75, 3.05) is 22.1 Å². The summed E-state index contributed by atoms with van der Waals surface area (Å²) in [6.07, 6.45) is 0. The van der Waals surface area contributed by atoms with Gasteiger partial charge in [-0.05, 0) is 66.7 Å². The molecule has 3 rings (SSSR count). The zero-order valence-corrected chi connectivity index (χ0v) is 15.4. The highest BCUT2D eigenvalue weighted by Gasteiger charge is 2.16. The molecule has 0 unspecified atom stereocenters. The highest BCUT2D eigenvalue weighted by atomic mass is 32.2. The molecule has 3 aromatic rings. The molecule has 0 aromatic heterocycles. The first kappa shape index (κ1) is 19.2. The SMILES string of the molecule is Nc1ccc(C(=O)Nc2ccc(Nc3ccc(N)cc3S(=O)(=O)O)cc2)cc1. The van der Waals surface area contributed by atoms with Crippen molar-refractivity contribution < 1.29 is 17.8 Å². The van der Waals surface area contributed by atoms with Crippen molar-refractivity contribution in [3.05, 3.63) is 72.3 Å². The van der Waals surface area contributed by atoms with E-state index in [1.54, 1.807) is 48.5 Å². The second kappa shape index (κ2) is 7.59. The molecule has 0 spiro atoms. The van der Waals surface area contributed by atoms with Crippen molar-refractivity contribution in [2.24, 2.45) is 0 Å². The summed E-state index contributed by atoms with van der Waals surface area (Å²) in [5, 5.41) is 5.66. The molecule has 3 aromatic carbocycles. The van der Waals surface area contributed by atoms with Gasteiger partial charge in [0.05, 0.1) is 5.69 Å². The third-order valence-electron chi connectivity index (χ3n) is 3.88. The summed E-state index contributed by atoms with van der Waals surface area (Å²) in [5.74, 6) is -0.284. The van der Waals surface area contributed by atoms with Gasteiger partial charge >= 0.3 is 0 Å². The first-order valence-corrected chi connectivity index (χ1v) is 9.57. The lowest BCUT2D eigenvalue weighted by Crippen LogP contribution is -2.11. The molecule has 28 heavy (non-hydrogen) atoms. The lowest BCUT2D eigenvalue weighted by Gasteiger charge is -2.12. The van der Waals surface area contributed by atoms with E-state index in [0.717, 1.165) is 0 Å². The fourth-order valence-corrected chi connectivity index (χ4v) is 3.17. The molecule has 7 N–H and O–H groups in total. The number of benzene rings is 3. The molecule has 0 aliphatic heterocycles. The summed E-state index contributed by atoms with van der Waals surface area (Å²) in [6.45, 7) is 0. The standard InChI is InChI=1S/C19H18N4O4S/c20-13-3-1-12(2-4-13)19(24)23-16-8-6-15(7-9-16)22-17-10-5-14(21)11-18(17)28(25,26)27/h1-11,22H,20-21H2,(H,23,24)(H,25,26,27). The van der Waals surface area contributed by atoms with Crippen molar-refractivity contribution >= 4 is 44.5 Å². The van der Waals surface area contributed by atoms with Crippen LogP contribution in [0.15, 0.2) is 71.6 Å². The summed E-state index contributed by atoms with van der Waals surface area (Å²) < 4.78 is 32.4. The van der Waals surface area contributed by atoms with Gasteiger partial charge in [0, 0.05) is 28.3 Å². The van der Waals surface area contributed by atoms with Crippen LogP contribution in [0.25, 0.3) is 0 Å². The largest absolute Gasteiger partial charge is 0.399 e. The summed E-state index contributed by atoms with van der Waals surface area (Å²) in [6, 6.07) is 17.3. The Kier molecular flexibility index (Phi) is 5.21. The number of carbonyl (C=O) groups excluding carboxylic acids is 1. The lowest BCUT2D eigenvalue weighted by atomic mass is 10.2. The normalized spacial score (nSPS) is 11.0. The topological polar surface area (TPSA) is 148 Å². The molecule has 0 aliphatic carbocycles. The van der Waals surface area contributed by atoms with E-state index < -0.39 is 10.1 Å². The maximum atomic E-state index is 12.2. The van der Waals surface area contributed by atoms with Crippen molar-refractivity contribution in [3.8, 4) is 0 Å². The zero-order valence-electron chi connectivity index (χ0n) is 14.6. The third-order valence-corrected chi connectivity index (χ3v) is 4.77. The van der Waals surface area contributed by atoms with E-state index in [4.69, 9.17) is 11.5 Å². The Morgan fingerprint density at radius 3 is 2.00 bits per heavy atom. The molecule has 1 amide bonds. The van der Waals surface area contributed by atoms with Gasteiger partial charge in [0.15, 0.2) is 0 Å². The molecular formula is C19H18N4O4S. The van der Waals surface area contributed by atoms with Gasteiger partial charge in [-0.2, -0.15) is 8.42 Å². The maximum Gasteiger partial charge on any atom is 0.296 e. The van der Waals surface area contributed by atoms with Gasteiger partial charge in [-0.25, -0.2) is 0 Å². The maximum absolute atomic E-state index is 12.2. The summed E-state index contributed by atoms with van der Waals surface area (Å²) in [4.78, 5) is 11.9. The van der Waals surface area contributed by atoms with E-state index >= 15 is 0 Å². The smallest absolute Gasteiger partial charge is 0.296 e. The molecule has 9 heteroatoms. The number of hydrogen-bond acceptors (Lipinski definition) is 6. The zero-order chi connectivity index (χ0) is 20.3. The van der Waals surface area contributed by atoms with Crippen LogP contribution < -0.4 is 22.1 Å². The number of rotatable bonds is 5. The van der Waals surface area contributed by atoms with Crippen LogP contribution in [0.1, 0.15) is 10.4 Å². The molecule has 0 aliphatic rings. The highest BCUT2D eigenvalue weighted by Crippen LogP contribution is 2.27. The summed E-state index contributed by atoms with van der Waals surface area (Å²) in [5.41, 5.74) is 13.7. The van der Waals surface area contributed by atoms with Crippen molar-refractivity contribution in [1.82, 2.24) is 0 Å². The number of nitrogens with two attached hydrogens (primary N) is 2. The quantitative estimate of drug-likeness (QED) is 0.328. The van der Waals surface area contributed by atoms with Gasteiger partial charge in [-0.1, -0.05) is 0 Å². The average Bonchev–Trinajstić information content (AvgIpc) is 2.64. The second-order valence-corrected chi connectivity index (χ2v) is 7.40. The number of nitrogen functional groups attached to an aromatic ring is 2. The van der Waals surface area contributed by atoms with Crippen LogP contribution in [0.2, 0.25) is 0 Å². The fourth-order valence-electron chi connectivity index (χ4n) is 2.49. The Morgan fingerprint density at radius 1 is 0.821 bits per heavy atom. The van der Waals surface area contributed by atoms with Gasteiger partial charge in [0.2, 0.25) is 0 Å². The fraction of sp³-hybridized carbons (Fsp3) is 0. The minimum atomic E-state index is -4.44. The molecule has 0 saturated heterocycles. The minimum absolute atomic E-state index is 0.176. The van der Waals surface area contributed by atoms with Gasteiger partial charge in [0.1, 0.15) is 4.90 Å². The molecule has 0 atom stereocenters. The van der Waals surface area contributed by atoms with Gasteiger partial charge in [-0.3, -0.25) is 9.35 Å². The molecule has 0 bridgehead atoms. The van der Waals surface area contributed by atoms with E-state index in [9.17, 15) is 17.8 Å². The summed E-state index contributed by atoms with van der Waals surface area (Å²) >= 11 is 0. The Bertz CT molecular complexity index is 1110. The lowest BCUT2D eigenvalue weighted by molar-refractivity contribution is 0.102. The van der Waals surface area contributed by atoms with Crippen LogP contribution in [0.4, 0.5) is 28.4 Å². The van der Waals surface area contributed by atoms with Crippen LogP contribution in [0.5, 0.6) is 0 Å². The Labute approximate surface area is 161 Å². The van der Waals surface area contributed by atoms with Gasteiger partial charge in [-0.15, -0.1) is 0 Å². The van der Waals surface area contributed by atoms with Crippen LogP contribution in [0, 0.1) is 0 Å². The van der Waals surface area contributed by atoms with Gasteiger partial charge in [0.25, 0.3) is 16.0 Å². The molecule has 0 radical (unpaired) electrons. The predicted molar refractivity (Wildman–Crippen MR) is 109 cm³/mol. The third kappa shape index (κ3) is 4.58. The highest BCUT2D eigenvalue weighted by molar-refractivity contribution is 7.86. The minimum Gasteiger partial charge on any atom is -0.399 e. The second-order valence-electron chi connectivity index (χ2n) is 6.01. The monoisotopic (exact) mass is 398 g/mol. The molecular weight excluding hydrogens is 380 g/mol.